The fourth-order valence-electron chi connectivity index (χ4n) is 3.65. The van der Waals surface area contributed by atoms with Crippen LogP contribution in [-0.2, 0) is 31.6 Å². The highest BCUT2D eigenvalue weighted by molar-refractivity contribution is 7.66. The molecular weight excluding hydrogens is 567 g/mol. The van der Waals surface area contributed by atoms with E-state index in [-0.39, 0.29) is 22.7 Å². The van der Waals surface area contributed by atoms with Crippen molar-refractivity contribution in [3.8, 4) is 11.5 Å². The second kappa shape index (κ2) is 9.59. The Balaban J connectivity index is 1.59. The molecule has 37 heavy (non-hydrogen) atoms. The Morgan fingerprint density at radius 2 is 1.84 bits per heavy atom. The average molecular weight is 587 g/mol. The molecule has 0 spiro atoms. The van der Waals surface area contributed by atoms with Crippen LogP contribution in [0.1, 0.15) is 13.2 Å². The van der Waals surface area contributed by atoms with E-state index in [1.165, 1.54) is 30.1 Å². The third-order valence-corrected chi connectivity index (χ3v) is 8.93. The molecule has 0 bridgehead atoms. The van der Waals surface area contributed by atoms with Crippen molar-refractivity contribution in [1.82, 2.24) is 19.5 Å². The van der Waals surface area contributed by atoms with Gasteiger partial charge in [-0.2, -0.15) is 8.62 Å². The van der Waals surface area contributed by atoms with Gasteiger partial charge < -0.3 is 49.2 Å². The summed E-state index contributed by atoms with van der Waals surface area (Å²) < 4.78 is 58.3. The summed E-state index contributed by atoms with van der Waals surface area (Å²) in [5.41, 5.74) is 4.39. The summed E-state index contributed by atoms with van der Waals surface area (Å²) in [5.74, 6) is 0.173. The van der Waals surface area contributed by atoms with E-state index in [1.807, 2.05) is 0 Å². The number of aromatic nitrogens is 4. The van der Waals surface area contributed by atoms with Crippen molar-refractivity contribution < 1.29 is 65.8 Å². The maximum absolute atomic E-state index is 12.0. The maximum Gasteiger partial charge on any atom is 0.490 e. The molecule has 0 amide bonds. The van der Waals surface area contributed by atoms with Crippen molar-refractivity contribution in [2.75, 3.05) is 12.3 Å². The quantitative estimate of drug-likeness (QED) is 0.162. The summed E-state index contributed by atoms with van der Waals surface area (Å²) in [4.78, 5) is 48.2. The zero-order chi connectivity index (χ0) is 27.4. The van der Waals surface area contributed by atoms with Gasteiger partial charge in [-0.15, -0.1) is 0 Å². The first-order valence-corrected chi connectivity index (χ1v) is 14.4. The Morgan fingerprint density at radius 1 is 1.14 bits per heavy atom. The molecule has 3 aromatic heterocycles. The van der Waals surface area contributed by atoms with E-state index in [9.17, 15) is 33.7 Å². The second-order valence-corrected chi connectivity index (χ2v) is 12.2. The van der Waals surface area contributed by atoms with Gasteiger partial charge in [-0.1, -0.05) is 0 Å². The Labute approximate surface area is 205 Å². The molecule has 2 unspecified atom stereocenters. The highest BCUT2D eigenvalue weighted by atomic mass is 31.3. The number of phosphoric acid groups is 3. The van der Waals surface area contributed by atoms with E-state index in [0.717, 1.165) is 6.33 Å². The molecule has 0 aliphatic carbocycles. The van der Waals surface area contributed by atoms with Gasteiger partial charge in [0.15, 0.2) is 6.23 Å². The topological polar surface area (TPSA) is 292 Å². The SMILES string of the molecule is C[C@@]1(O)[C@H](O)[C@@H](COP(=O)(O)OP(=O)(O)OP(=O)(O)O)O[C@H]1n1cc(-c2ncco2)c2c(N)ncnc21. The molecule has 0 saturated carbocycles. The number of aliphatic hydroxyl groups excluding tert-OH is 1. The number of phosphoric ester groups is 1. The van der Waals surface area contributed by atoms with Crippen molar-refractivity contribution in [3.63, 3.8) is 0 Å². The van der Waals surface area contributed by atoms with Gasteiger partial charge in [0, 0.05) is 6.20 Å². The van der Waals surface area contributed by atoms with Crippen LogP contribution in [0.4, 0.5) is 5.82 Å². The number of hydrogen-bond acceptors (Lipinski definition) is 14. The smallest absolute Gasteiger partial charge is 0.444 e. The fraction of sp³-hybridized carbons (Fsp3) is 0.400. The summed E-state index contributed by atoms with van der Waals surface area (Å²) in [7, 11) is -16.8. The molecule has 3 aromatic rings. The monoisotopic (exact) mass is 587 g/mol. The Bertz CT molecular complexity index is 1440. The molecule has 1 aliphatic rings. The highest BCUT2D eigenvalue weighted by Crippen LogP contribution is 2.66. The van der Waals surface area contributed by atoms with E-state index < -0.39 is 54.1 Å². The predicted octanol–water partition coefficient (Wildman–Crippen LogP) is 0.0211. The molecule has 204 valence electrons. The number of anilines is 1. The molecule has 6 atom stereocenters. The van der Waals surface area contributed by atoms with E-state index >= 15 is 0 Å². The first kappa shape index (κ1) is 27.9. The molecule has 8 N–H and O–H groups in total. The maximum atomic E-state index is 12.0. The lowest BCUT2D eigenvalue weighted by Crippen LogP contribution is -2.44. The summed E-state index contributed by atoms with van der Waals surface area (Å²) in [6, 6.07) is 0. The largest absolute Gasteiger partial charge is 0.490 e. The third kappa shape index (κ3) is 5.84. The zero-order valence-corrected chi connectivity index (χ0v) is 21.1. The van der Waals surface area contributed by atoms with Gasteiger partial charge in [-0.25, -0.2) is 28.6 Å². The highest BCUT2D eigenvalue weighted by Gasteiger charge is 2.54. The molecule has 0 aromatic carbocycles. The lowest BCUT2D eigenvalue weighted by Gasteiger charge is -2.27. The minimum atomic E-state index is -5.75. The Morgan fingerprint density at radius 3 is 2.46 bits per heavy atom. The van der Waals surface area contributed by atoms with Crippen LogP contribution >= 0.6 is 23.5 Å². The van der Waals surface area contributed by atoms with Crippen molar-refractivity contribution in [3.05, 3.63) is 25.0 Å². The molecule has 4 rings (SSSR count). The van der Waals surface area contributed by atoms with Gasteiger partial charge in [0.25, 0.3) is 0 Å². The number of fused-ring (bicyclic) bond motifs is 1. The molecule has 0 radical (unpaired) electrons. The van der Waals surface area contributed by atoms with Crippen molar-refractivity contribution in [2.45, 2.75) is 31.0 Å². The first-order valence-electron chi connectivity index (χ1n) is 9.86. The second-order valence-electron chi connectivity index (χ2n) is 7.83. The number of ether oxygens (including phenoxy) is 1. The van der Waals surface area contributed by atoms with Crippen molar-refractivity contribution in [2.24, 2.45) is 0 Å². The Kier molecular flexibility index (Phi) is 7.24. The number of oxazole rings is 1. The van der Waals surface area contributed by atoms with Crippen LogP contribution in [0.3, 0.4) is 0 Å². The van der Waals surface area contributed by atoms with Gasteiger partial charge in [-0.05, 0) is 6.92 Å². The first-order chi connectivity index (χ1) is 17.0. The van der Waals surface area contributed by atoms with E-state index in [4.69, 9.17) is 24.7 Å². The van der Waals surface area contributed by atoms with Crippen LogP contribution in [0.25, 0.3) is 22.5 Å². The van der Waals surface area contributed by atoms with Crippen molar-refractivity contribution in [1.29, 1.82) is 0 Å². The van der Waals surface area contributed by atoms with Gasteiger partial charge in [-0.3, -0.25) is 4.52 Å². The Hall–Kier alpha value is -2.08. The van der Waals surface area contributed by atoms with Crippen LogP contribution in [0.15, 0.2) is 29.4 Å². The number of aliphatic hydroxyl groups is 2. The average Bonchev–Trinajstić information content (AvgIpc) is 3.43. The van der Waals surface area contributed by atoms with Crippen LogP contribution in [-0.4, -0.2) is 73.7 Å². The normalized spacial score (nSPS) is 27.8. The zero-order valence-electron chi connectivity index (χ0n) is 18.4. The van der Waals surface area contributed by atoms with Gasteiger partial charge in [0.2, 0.25) is 5.89 Å². The summed E-state index contributed by atoms with van der Waals surface area (Å²) in [5, 5.41) is 22.0. The molecule has 1 fully saturated rings. The molecule has 1 aliphatic heterocycles. The summed E-state index contributed by atoms with van der Waals surface area (Å²) in [6.07, 6.45) is 0.529. The standard InChI is InChI=1S/C15H20N5O14P3/c1-15(22)10(21)8(5-31-36(26,27)34-37(28,29)33-35(23,24)25)32-14(15)20-4-7(13-17-2-3-30-13)9-11(16)18-6-19-12(9)20/h2-4,6,8,10,14,21-22H,5H2,1H3,(H,26,27)(H,28,29)(H2,16,18,19)(H2,23,24,25)/t8-,10-,14-,15-/m1/s1. The van der Waals surface area contributed by atoms with E-state index in [0.29, 0.717) is 5.56 Å². The summed E-state index contributed by atoms with van der Waals surface area (Å²) >= 11 is 0. The minimum Gasteiger partial charge on any atom is -0.444 e. The molecular formula is C15H20N5O14P3. The number of nitrogen functional groups attached to an aromatic ring is 1. The lowest BCUT2D eigenvalue weighted by atomic mass is 9.96. The van der Waals surface area contributed by atoms with Gasteiger partial charge >= 0.3 is 23.5 Å². The lowest BCUT2D eigenvalue weighted by molar-refractivity contribution is -0.0946. The molecule has 19 nitrogen and oxygen atoms in total. The summed E-state index contributed by atoms with van der Waals surface area (Å²) in [6.45, 7) is 0.189. The minimum absolute atomic E-state index is 0.0411. The van der Waals surface area contributed by atoms with E-state index in [1.54, 1.807) is 0 Å². The van der Waals surface area contributed by atoms with Crippen LogP contribution in [0, 0.1) is 0 Å². The van der Waals surface area contributed by atoms with Crippen molar-refractivity contribution >= 4 is 40.3 Å². The predicted molar refractivity (Wildman–Crippen MR) is 118 cm³/mol. The number of rotatable bonds is 9. The van der Waals surface area contributed by atoms with Gasteiger partial charge in [0.1, 0.15) is 41.9 Å². The third-order valence-electron chi connectivity index (χ3n) is 5.13. The number of nitrogens with zero attached hydrogens (tertiary/aromatic N) is 4. The molecule has 4 heterocycles. The molecule has 1 saturated heterocycles. The molecule has 22 heteroatoms. The number of nitrogens with two attached hydrogens (primary N) is 1. The van der Waals surface area contributed by atoms with Crippen LogP contribution in [0.2, 0.25) is 0 Å². The van der Waals surface area contributed by atoms with E-state index in [2.05, 4.69) is 28.1 Å². The fourth-order valence-corrected chi connectivity index (χ4v) is 6.68. The van der Waals surface area contributed by atoms with Gasteiger partial charge in [0.05, 0.1) is 23.8 Å². The van der Waals surface area contributed by atoms with Crippen LogP contribution in [0.5, 0.6) is 0 Å². The van der Waals surface area contributed by atoms with Crippen LogP contribution < -0.4 is 5.73 Å². The number of hydrogen-bond donors (Lipinski definition) is 7.